The molecule has 2 nitrogen and oxygen atoms in total. The number of anilines is 1. The zero-order chi connectivity index (χ0) is 15.6. The van der Waals surface area contributed by atoms with Gasteiger partial charge < -0.3 is 9.30 Å². The summed E-state index contributed by atoms with van der Waals surface area (Å²) in [6.45, 7) is 6.03. The first-order valence-electron chi connectivity index (χ1n) is 7.71. The molecule has 1 heterocycles. The van der Waals surface area contributed by atoms with E-state index in [1.54, 1.807) is 0 Å². The summed E-state index contributed by atoms with van der Waals surface area (Å²) < 4.78 is 8.39. The summed E-state index contributed by atoms with van der Waals surface area (Å²) in [6.07, 6.45) is 1.30. The Labute approximate surface area is 138 Å². The molecule has 0 atom stereocenters. The molecule has 0 aromatic heterocycles. The molecule has 0 spiro atoms. The molecule has 0 radical (unpaired) electrons. The molecule has 0 saturated carbocycles. The van der Waals surface area contributed by atoms with E-state index in [2.05, 4.69) is 35.9 Å². The van der Waals surface area contributed by atoms with Gasteiger partial charge in [0.05, 0.1) is 0 Å². The van der Waals surface area contributed by atoms with Crippen molar-refractivity contribution >= 4 is 31.2 Å². The van der Waals surface area contributed by atoms with Crippen LogP contribution in [0.15, 0.2) is 54.6 Å². The second kappa shape index (κ2) is 6.22. The molecule has 0 aliphatic carbocycles. The molecule has 1 saturated heterocycles. The zero-order valence-corrected chi connectivity index (χ0v) is 14.9. The molecular formula is C18H21NOSSi. The predicted octanol–water partition coefficient (Wildman–Crippen LogP) is 4.86. The maximum atomic E-state index is 5.79. The molecular weight excluding hydrogens is 306 g/mol. The molecule has 2 aromatic rings. The summed E-state index contributed by atoms with van der Waals surface area (Å²) in [4.78, 5) is 0. The largest absolute Gasteiger partial charge is 0.445 e. The predicted molar refractivity (Wildman–Crippen MR) is 99.5 cm³/mol. The van der Waals surface area contributed by atoms with E-state index in [0.717, 1.165) is 17.9 Å². The lowest BCUT2D eigenvalue weighted by Gasteiger charge is -2.32. The SMILES string of the molecule is C[Si]1(C)CCCN1c1cccc(C(=S)Oc2ccccc2)c1. The normalized spacial score (nSPS) is 16.5. The van der Waals surface area contributed by atoms with Gasteiger partial charge in [-0.1, -0.05) is 43.4 Å². The van der Waals surface area contributed by atoms with E-state index in [1.165, 1.54) is 18.2 Å². The molecule has 114 valence electrons. The maximum Gasteiger partial charge on any atom is 0.198 e. The third-order valence-corrected chi connectivity index (χ3v) is 8.09. The lowest BCUT2D eigenvalue weighted by atomic mass is 10.2. The van der Waals surface area contributed by atoms with Crippen molar-refractivity contribution in [1.82, 2.24) is 0 Å². The van der Waals surface area contributed by atoms with Crippen LogP contribution in [0.25, 0.3) is 0 Å². The Bertz CT molecular complexity index is 672. The Kier molecular flexibility index (Phi) is 4.31. The number of hydrogen-bond acceptors (Lipinski definition) is 3. The lowest BCUT2D eigenvalue weighted by Crippen LogP contribution is -2.43. The third-order valence-electron chi connectivity index (χ3n) is 4.25. The van der Waals surface area contributed by atoms with Crippen molar-refractivity contribution in [3.63, 3.8) is 0 Å². The average Bonchev–Trinajstić information content (AvgIpc) is 2.88. The maximum absolute atomic E-state index is 5.79. The van der Waals surface area contributed by atoms with Crippen molar-refractivity contribution in [2.45, 2.75) is 25.6 Å². The van der Waals surface area contributed by atoms with E-state index in [1.807, 2.05) is 36.4 Å². The Morgan fingerprint density at radius 2 is 1.86 bits per heavy atom. The number of ether oxygens (including phenoxy) is 1. The quantitative estimate of drug-likeness (QED) is 0.590. The van der Waals surface area contributed by atoms with Gasteiger partial charge >= 0.3 is 0 Å². The van der Waals surface area contributed by atoms with Crippen LogP contribution in [0.3, 0.4) is 0 Å². The molecule has 0 unspecified atom stereocenters. The molecule has 1 aliphatic heterocycles. The molecule has 3 rings (SSSR count). The molecule has 1 aliphatic rings. The van der Waals surface area contributed by atoms with Crippen LogP contribution in [0.2, 0.25) is 19.1 Å². The first-order valence-corrected chi connectivity index (χ1v) is 11.3. The topological polar surface area (TPSA) is 12.5 Å². The van der Waals surface area contributed by atoms with Crippen LogP contribution >= 0.6 is 12.2 Å². The monoisotopic (exact) mass is 327 g/mol. The van der Waals surface area contributed by atoms with Crippen LogP contribution in [0.1, 0.15) is 12.0 Å². The highest BCUT2D eigenvalue weighted by Crippen LogP contribution is 2.32. The highest BCUT2D eigenvalue weighted by atomic mass is 32.1. The van der Waals surface area contributed by atoms with Crippen LogP contribution in [-0.2, 0) is 0 Å². The van der Waals surface area contributed by atoms with Gasteiger partial charge in [-0.25, -0.2) is 0 Å². The molecule has 0 bridgehead atoms. The summed E-state index contributed by atoms with van der Waals surface area (Å²) in [5.41, 5.74) is 2.26. The smallest absolute Gasteiger partial charge is 0.198 e. The number of para-hydroxylation sites is 1. The van der Waals surface area contributed by atoms with Gasteiger partial charge in [0.25, 0.3) is 0 Å². The van der Waals surface area contributed by atoms with Gasteiger partial charge in [0.2, 0.25) is 0 Å². The van der Waals surface area contributed by atoms with E-state index >= 15 is 0 Å². The summed E-state index contributed by atoms with van der Waals surface area (Å²) in [5, 5.41) is 0.534. The van der Waals surface area contributed by atoms with Gasteiger partial charge in [-0.3, -0.25) is 0 Å². The lowest BCUT2D eigenvalue weighted by molar-refractivity contribution is 0.566. The van der Waals surface area contributed by atoms with E-state index < -0.39 is 8.24 Å². The number of hydrogen-bond donors (Lipinski definition) is 0. The van der Waals surface area contributed by atoms with Crippen molar-refractivity contribution in [3.05, 3.63) is 60.2 Å². The van der Waals surface area contributed by atoms with Crippen LogP contribution < -0.4 is 9.30 Å². The summed E-state index contributed by atoms with van der Waals surface area (Å²) in [6, 6.07) is 19.5. The molecule has 2 aromatic carbocycles. The molecule has 0 amide bonds. The minimum atomic E-state index is -1.29. The Hall–Kier alpha value is -1.65. The Morgan fingerprint density at radius 1 is 1.09 bits per heavy atom. The zero-order valence-electron chi connectivity index (χ0n) is 13.1. The van der Waals surface area contributed by atoms with Crippen molar-refractivity contribution < 1.29 is 4.74 Å². The van der Waals surface area contributed by atoms with Gasteiger partial charge in [-0.15, -0.1) is 0 Å². The van der Waals surface area contributed by atoms with Crippen LogP contribution in [-0.4, -0.2) is 19.8 Å². The van der Waals surface area contributed by atoms with Gasteiger partial charge in [0, 0.05) is 17.8 Å². The first-order chi connectivity index (χ1) is 10.6. The van der Waals surface area contributed by atoms with Crippen molar-refractivity contribution in [3.8, 4) is 5.75 Å². The minimum Gasteiger partial charge on any atom is -0.445 e. The molecule has 1 fully saturated rings. The van der Waals surface area contributed by atoms with E-state index in [4.69, 9.17) is 17.0 Å². The van der Waals surface area contributed by atoms with Crippen LogP contribution in [0, 0.1) is 0 Å². The van der Waals surface area contributed by atoms with Gasteiger partial charge in [-0.05, 0) is 48.9 Å². The van der Waals surface area contributed by atoms with Gasteiger partial charge in [-0.2, -0.15) is 0 Å². The van der Waals surface area contributed by atoms with Crippen molar-refractivity contribution in [1.29, 1.82) is 0 Å². The highest BCUT2D eigenvalue weighted by Gasteiger charge is 2.34. The minimum absolute atomic E-state index is 0.534. The van der Waals surface area contributed by atoms with Crippen LogP contribution in [0.4, 0.5) is 5.69 Å². The molecule has 22 heavy (non-hydrogen) atoms. The second-order valence-corrected chi connectivity index (χ2v) is 11.4. The summed E-state index contributed by atoms with van der Waals surface area (Å²) >= 11 is 5.46. The fourth-order valence-corrected chi connectivity index (χ4v) is 6.16. The van der Waals surface area contributed by atoms with E-state index in [-0.39, 0.29) is 0 Å². The molecule has 4 heteroatoms. The Morgan fingerprint density at radius 3 is 2.55 bits per heavy atom. The van der Waals surface area contributed by atoms with Crippen LogP contribution in [0.5, 0.6) is 5.75 Å². The average molecular weight is 328 g/mol. The summed E-state index contributed by atoms with van der Waals surface area (Å²) in [5.74, 6) is 0.786. The second-order valence-electron chi connectivity index (χ2n) is 6.32. The number of benzene rings is 2. The first kappa shape index (κ1) is 15.3. The Balaban J connectivity index is 1.81. The van der Waals surface area contributed by atoms with Gasteiger partial charge in [0.1, 0.15) is 5.75 Å². The highest BCUT2D eigenvalue weighted by molar-refractivity contribution is 7.80. The van der Waals surface area contributed by atoms with Crippen molar-refractivity contribution in [2.24, 2.45) is 0 Å². The fraction of sp³-hybridized carbons (Fsp3) is 0.278. The standard InChI is InChI=1S/C18H21NOSSi/c1-22(2)13-7-12-19(22)16-9-6-8-15(14-16)18(21)20-17-10-4-3-5-11-17/h3-6,8-11,14H,7,12-13H2,1-2H3. The van der Waals surface area contributed by atoms with Gasteiger partial charge in [0.15, 0.2) is 13.3 Å². The molecule has 0 N–H and O–H groups in total. The number of nitrogens with zero attached hydrogens (tertiary/aromatic N) is 1. The third kappa shape index (κ3) is 3.23. The number of thiocarbonyl (C=S) groups is 1. The summed E-state index contributed by atoms with van der Waals surface area (Å²) in [7, 11) is -1.29. The number of rotatable bonds is 3. The van der Waals surface area contributed by atoms with E-state index in [9.17, 15) is 0 Å². The fourth-order valence-electron chi connectivity index (χ4n) is 3.04. The van der Waals surface area contributed by atoms with E-state index in [0.29, 0.717) is 5.05 Å². The van der Waals surface area contributed by atoms with Crippen molar-refractivity contribution in [2.75, 3.05) is 11.1 Å².